The first-order chi connectivity index (χ1) is 11.3. The molecule has 0 aliphatic carbocycles. The molecule has 124 valence electrons. The van der Waals surface area contributed by atoms with Crippen molar-refractivity contribution in [1.82, 2.24) is 9.55 Å². The molecular formula is C17H13F3N2O2. The van der Waals surface area contributed by atoms with Crippen molar-refractivity contribution in [3.63, 3.8) is 0 Å². The van der Waals surface area contributed by atoms with Crippen molar-refractivity contribution in [3.8, 4) is 11.5 Å². The first-order valence-corrected chi connectivity index (χ1v) is 7.14. The quantitative estimate of drug-likeness (QED) is 0.730. The van der Waals surface area contributed by atoms with Crippen LogP contribution < -0.4 is 5.56 Å². The lowest BCUT2D eigenvalue weighted by Crippen LogP contribution is -2.22. The average molecular weight is 334 g/mol. The number of nitrogens with zero attached hydrogens (tertiary/aromatic N) is 2. The lowest BCUT2D eigenvalue weighted by atomic mass is 10.2. The fourth-order valence-corrected chi connectivity index (χ4v) is 2.26. The molecule has 0 aliphatic heterocycles. The van der Waals surface area contributed by atoms with E-state index < -0.39 is 17.3 Å². The summed E-state index contributed by atoms with van der Waals surface area (Å²) in [5, 5.41) is 0. The Kier molecular flexibility index (Phi) is 4.01. The second-order valence-corrected chi connectivity index (χ2v) is 5.27. The number of rotatable bonds is 3. The van der Waals surface area contributed by atoms with Crippen molar-refractivity contribution in [2.75, 3.05) is 0 Å². The minimum absolute atomic E-state index is 0.0923. The van der Waals surface area contributed by atoms with Gasteiger partial charge in [0.15, 0.2) is 0 Å². The van der Waals surface area contributed by atoms with Gasteiger partial charge >= 0.3 is 6.18 Å². The average Bonchev–Trinajstić information content (AvgIpc) is 2.90. The van der Waals surface area contributed by atoms with E-state index in [1.807, 2.05) is 30.3 Å². The number of hydrogen-bond acceptors (Lipinski definition) is 3. The molecule has 0 bridgehead atoms. The molecule has 0 unspecified atom stereocenters. The lowest BCUT2D eigenvalue weighted by Gasteiger charge is -2.09. The van der Waals surface area contributed by atoms with Gasteiger partial charge in [0.05, 0.1) is 12.1 Å². The van der Waals surface area contributed by atoms with Crippen molar-refractivity contribution >= 4 is 0 Å². The van der Waals surface area contributed by atoms with E-state index in [1.165, 1.54) is 0 Å². The fraction of sp³-hybridized carbons (Fsp3) is 0.176. The summed E-state index contributed by atoms with van der Waals surface area (Å²) in [6.07, 6.45) is -3.72. The highest BCUT2D eigenvalue weighted by Gasteiger charge is 2.31. The smallest absolute Gasteiger partial charge is 0.417 e. The zero-order chi connectivity index (χ0) is 17.3. The Hall–Kier alpha value is -2.83. The molecule has 3 rings (SSSR count). The SMILES string of the molecule is Cc1oc(-c2ccccc2)nc1Cn1cc(C(F)(F)F)ccc1=O. The van der Waals surface area contributed by atoms with Crippen LogP contribution in [-0.4, -0.2) is 9.55 Å². The molecule has 0 fully saturated rings. The molecule has 24 heavy (non-hydrogen) atoms. The van der Waals surface area contributed by atoms with Crippen LogP contribution >= 0.6 is 0 Å². The molecule has 0 saturated carbocycles. The van der Waals surface area contributed by atoms with Crippen LogP contribution in [0.5, 0.6) is 0 Å². The molecule has 0 N–H and O–H groups in total. The molecule has 0 saturated heterocycles. The Bertz CT molecular complexity index is 912. The summed E-state index contributed by atoms with van der Waals surface area (Å²) in [6, 6.07) is 10.8. The topological polar surface area (TPSA) is 48.0 Å². The van der Waals surface area contributed by atoms with Crippen molar-refractivity contribution in [1.29, 1.82) is 0 Å². The molecule has 4 nitrogen and oxygen atoms in total. The van der Waals surface area contributed by atoms with E-state index in [2.05, 4.69) is 4.98 Å². The standard InChI is InChI=1S/C17H13F3N2O2/c1-11-14(21-16(24-11)12-5-3-2-4-6-12)10-22-9-13(17(18,19)20)7-8-15(22)23/h2-9H,10H2,1H3. The monoisotopic (exact) mass is 334 g/mol. The van der Waals surface area contributed by atoms with Gasteiger partial charge in [-0.1, -0.05) is 18.2 Å². The highest BCUT2D eigenvalue weighted by Crippen LogP contribution is 2.28. The van der Waals surface area contributed by atoms with E-state index in [0.717, 1.165) is 28.5 Å². The molecule has 0 spiro atoms. The summed E-state index contributed by atoms with van der Waals surface area (Å²) >= 11 is 0. The molecular weight excluding hydrogens is 321 g/mol. The summed E-state index contributed by atoms with van der Waals surface area (Å²) in [4.78, 5) is 16.1. The van der Waals surface area contributed by atoms with Gasteiger partial charge in [-0.05, 0) is 25.1 Å². The Morgan fingerprint density at radius 3 is 2.50 bits per heavy atom. The highest BCUT2D eigenvalue weighted by atomic mass is 19.4. The first kappa shape index (κ1) is 16.0. The van der Waals surface area contributed by atoms with Crippen molar-refractivity contribution in [3.05, 3.63) is 76.0 Å². The maximum atomic E-state index is 12.8. The summed E-state index contributed by atoms with van der Waals surface area (Å²) in [5.41, 5.74) is -0.253. The van der Waals surface area contributed by atoms with E-state index in [4.69, 9.17) is 4.42 Å². The lowest BCUT2D eigenvalue weighted by molar-refractivity contribution is -0.138. The van der Waals surface area contributed by atoms with Crippen LogP contribution in [0.15, 0.2) is 57.9 Å². The Morgan fingerprint density at radius 2 is 1.83 bits per heavy atom. The van der Waals surface area contributed by atoms with Gasteiger partial charge in [-0.15, -0.1) is 0 Å². The van der Waals surface area contributed by atoms with Crippen LogP contribution in [0, 0.1) is 6.92 Å². The van der Waals surface area contributed by atoms with Gasteiger partial charge < -0.3 is 8.98 Å². The maximum Gasteiger partial charge on any atom is 0.417 e. The normalized spacial score (nSPS) is 11.7. The number of benzene rings is 1. The fourth-order valence-electron chi connectivity index (χ4n) is 2.26. The number of oxazole rings is 1. The number of aryl methyl sites for hydroxylation is 1. The van der Waals surface area contributed by atoms with Crippen LogP contribution in [0.25, 0.3) is 11.5 Å². The molecule has 7 heteroatoms. The summed E-state index contributed by atoms with van der Waals surface area (Å²) in [6.45, 7) is 1.57. The molecule has 1 aromatic carbocycles. The Labute approximate surface area is 135 Å². The maximum absolute atomic E-state index is 12.8. The third-order valence-electron chi connectivity index (χ3n) is 3.54. The third-order valence-corrected chi connectivity index (χ3v) is 3.54. The largest absolute Gasteiger partial charge is 0.441 e. The predicted octanol–water partition coefficient (Wildman–Crippen LogP) is 3.88. The minimum Gasteiger partial charge on any atom is -0.441 e. The van der Waals surface area contributed by atoms with Gasteiger partial charge in [-0.2, -0.15) is 13.2 Å². The number of alkyl halides is 3. The van der Waals surface area contributed by atoms with Crippen LogP contribution in [0.3, 0.4) is 0 Å². The van der Waals surface area contributed by atoms with Crippen LogP contribution in [0.2, 0.25) is 0 Å². The van der Waals surface area contributed by atoms with Crippen LogP contribution in [0.1, 0.15) is 17.0 Å². The zero-order valence-corrected chi connectivity index (χ0v) is 12.7. The van der Waals surface area contributed by atoms with Crippen LogP contribution in [-0.2, 0) is 12.7 Å². The second-order valence-electron chi connectivity index (χ2n) is 5.27. The van der Waals surface area contributed by atoms with Gasteiger partial charge in [0.1, 0.15) is 11.5 Å². The molecule has 2 heterocycles. The Balaban J connectivity index is 1.95. The summed E-state index contributed by atoms with van der Waals surface area (Å²) in [5.74, 6) is 0.821. The van der Waals surface area contributed by atoms with Crippen molar-refractivity contribution in [2.45, 2.75) is 19.6 Å². The number of halogens is 3. The van der Waals surface area contributed by atoms with E-state index in [1.54, 1.807) is 6.92 Å². The van der Waals surface area contributed by atoms with Gasteiger partial charge in [-0.25, -0.2) is 4.98 Å². The number of pyridine rings is 1. The predicted molar refractivity (Wildman–Crippen MR) is 81.5 cm³/mol. The molecule has 0 aliphatic rings. The van der Waals surface area contributed by atoms with E-state index in [-0.39, 0.29) is 6.54 Å². The van der Waals surface area contributed by atoms with E-state index in [9.17, 15) is 18.0 Å². The molecule has 0 amide bonds. The second kappa shape index (κ2) is 5.99. The molecule has 0 radical (unpaired) electrons. The van der Waals surface area contributed by atoms with Gasteiger partial charge in [0.2, 0.25) is 5.89 Å². The van der Waals surface area contributed by atoms with Gasteiger partial charge in [0, 0.05) is 17.8 Å². The minimum atomic E-state index is -4.51. The van der Waals surface area contributed by atoms with Crippen molar-refractivity contribution < 1.29 is 17.6 Å². The highest BCUT2D eigenvalue weighted by molar-refractivity contribution is 5.53. The van der Waals surface area contributed by atoms with Gasteiger partial charge in [-0.3, -0.25) is 4.79 Å². The van der Waals surface area contributed by atoms with E-state index >= 15 is 0 Å². The number of hydrogen-bond donors (Lipinski definition) is 0. The van der Waals surface area contributed by atoms with E-state index in [0.29, 0.717) is 17.3 Å². The third kappa shape index (κ3) is 3.24. The summed E-state index contributed by atoms with van der Waals surface area (Å²) in [7, 11) is 0. The first-order valence-electron chi connectivity index (χ1n) is 7.14. The molecule has 0 atom stereocenters. The summed E-state index contributed by atoms with van der Waals surface area (Å²) < 4.78 is 44.9. The van der Waals surface area contributed by atoms with Crippen LogP contribution in [0.4, 0.5) is 13.2 Å². The van der Waals surface area contributed by atoms with Crippen molar-refractivity contribution in [2.24, 2.45) is 0 Å². The van der Waals surface area contributed by atoms with Gasteiger partial charge in [0.25, 0.3) is 5.56 Å². The Morgan fingerprint density at radius 1 is 1.12 bits per heavy atom. The molecule has 2 aromatic heterocycles. The number of aromatic nitrogens is 2. The molecule has 3 aromatic rings. The zero-order valence-electron chi connectivity index (χ0n) is 12.7.